The fourth-order valence-corrected chi connectivity index (χ4v) is 5.21. The summed E-state index contributed by atoms with van der Waals surface area (Å²) in [5.41, 5.74) is 4.53. The van der Waals surface area contributed by atoms with Crippen LogP contribution in [-0.2, 0) is 26.1 Å². The summed E-state index contributed by atoms with van der Waals surface area (Å²) < 4.78 is 5.12. The van der Waals surface area contributed by atoms with E-state index in [-0.39, 0.29) is 11.2 Å². The van der Waals surface area contributed by atoms with Crippen LogP contribution in [0.3, 0.4) is 0 Å². The van der Waals surface area contributed by atoms with Gasteiger partial charge in [0.1, 0.15) is 5.82 Å². The van der Waals surface area contributed by atoms with Crippen LogP contribution in [0.15, 0.2) is 58.1 Å². The molecular weight excluding hydrogens is 492 g/mol. The summed E-state index contributed by atoms with van der Waals surface area (Å²) in [4.78, 5) is 31.8. The van der Waals surface area contributed by atoms with E-state index >= 15 is 0 Å². The zero-order valence-electron chi connectivity index (χ0n) is 22.3. The molecule has 10 heteroatoms. The number of benzene rings is 2. The smallest absolute Gasteiger partial charge is 0.318 e. The van der Waals surface area contributed by atoms with Crippen LogP contribution in [0.25, 0.3) is 33.7 Å². The Morgan fingerprint density at radius 2 is 1.72 bits per heavy atom. The number of aromatic amines is 1. The number of fused-ring (bicyclic) bond motifs is 1. The van der Waals surface area contributed by atoms with E-state index in [4.69, 9.17) is 4.98 Å². The fraction of sp³-hybridized carbons (Fsp3) is 0.379. The molecule has 0 amide bonds. The molecule has 200 valence electrons. The number of nitrogens with zero attached hydrogens (tertiary/aromatic N) is 7. The largest absolute Gasteiger partial charge is 0.332 e. The number of tetrazole rings is 1. The summed E-state index contributed by atoms with van der Waals surface area (Å²) >= 11 is 0. The average Bonchev–Trinajstić information content (AvgIpc) is 3.47. The normalized spacial score (nSPS) is 13.4. The molecule has 6 rings (SSSR count). The minimum atomic E-state index is -0.252. The molecule has 3 aromatic heterocycles. The van der Waals surface area contributed by atoms with Gasteiger partial charge in [0.25, 0.3) is 5.56 Å². The van der Waals surface area contributed by atoms with E-state index in [1.54, 1.807) is 4.57 Å². The maximum Gasteiger partial charge on any atom is 0.332 e. The summed E-state index contributed by atoms with van der Waals surface area (Å²) in [5.74, 6) is 1.81. The summed E-state index contributed by atoms with van der Waals surface area (Å²) in [6.45, 7) is 5.53. The Balaban J connectivity index is 1.42. The molecule has 0 unspecified atom stereocenters. The van der Waals surface area contributed by atoms with E-state index in [1.807, 2.05) is 35.8 Å². The molecule has 0 radical (unpaired) electrons. The lowest BCUT2D eigenvalue weighted by atomic mass is 9.98. The maximum absolute atomic E-state index is 13.7. The fourth-order valence-electron chi connectivity index (χ4n) is 5.21. The van der Waals surface area contributed by atoms with Crippen LogP contribution in [0.1, 0.15) is 50.9 Å². The summed E-state index contributed by atoms with van der Waals surface area (Å²) in [6, 6.07) is 16.3. The molecule has 1 aliphatic rings. The van der Waals surface area contributed by atoms with Crippen molar-refractivity contribution in [2.24, 2.45) is 5.92 Å². The maximum atomic E-state index is 13.7. The molecule has 10 nitrogen and oxygen atoms in total. The van der Waals surface area contributed by atoms with E-state index in [9.17, 15) is 9.59 Å². The quantitative estimate of drug-likeness (QED) is 0.295. The third-order valence-corrected chi connectivity index (χ3v) is 7.52. The molecule has 1 aliphatic carbocycles. The monoisotopic (exact) mass is 524 g/mol. The van der Waals surface area contributed by atoms with Gasteiger partial charge < -0.3 is 4.57 Å². The van der Waals surface area contributed by atoms with Crippen molar-refractivity contribution in [3.8, 4) is 22.5 Å². The summed E-state index contributed by atoms with van der Waals surface area (Å²) in [7, 11) is 0. The van der Waals surface area contributed by atoms with Crippen molar-refractivity contribution in [2.75, 3.05) is 0 Å². The van der Waals surface area contributed by atoms with Gasteiger partial charge in [-0.1, -0.05) is 61.9 Å². The predicted octanol–water partition coefficient (Wildman–Crippen LogP) is 4.03. The van der Waals surface area contributed by atoms with Gasteiger partial charge in [0.05, 0.1) is 0 Å². The van der Waals surface area contributed by atoms with Gasteiger partial charge in [-0.2, -0.15) is 5.21 Å². The topological polar surface area (TPSA) is 116 Å². The molecule has 0 atom stereocenters. The minimum Gasteiger partial charge on any atom is -0.318 e. The first-order chi connectivity index (χ1) is 19.1. The third kappa shape index (κ3) is 4.71. The molecule has 0 bridgehead atoms. The SMILES string of the molecule is CCCCc1nc2c(c(=O)n(CC3CC3)c(=O)n2CC)n1Cc1ccc(-c2ccccc2-c2nn[nH]n2)cc1. The molecule has 0 aliphatic heterocycles. The first-order valence-corrected chi connectivity index (χ1v) is 13.7. The molecule has 0 saturated heterocycles. The van der Waals surface area contributed by atoms with Crippen LogP contribution < -0.4 is 11.2 Å². The Bertz CT molecular complexity index is 1720. The first kappa shape index (κ1) is 25.0. The molecule has 0 spiro atoms. The van der Waals surface area contributed by atoms with Crippen LogP contribution in [0.5, 0.6) is 0 Å². The Hall–Kier alpha value is -4.34. The highest BCUT2D eigenvalue weighted by Crippen LogP contribution is 2.31. The minimum absolute atomic E-state index is 0.229. The van der Waals surface area contributed by atoms with Gasteiger partial charge in [-0.25, -0.2) is 9.78 Å². The highest BCUT2D eigenvalue weighted by atomic mass is 16.2. The number of H-pyrrole nitrogens is 1. The van der Waals surface area contributed by atoms with Crippen LogP contribution in [0.4, 0.5) is 0 Å². The van der Waals surface area contributed by atoms with Crippen LogP contribution in [0, 0.1) is 5.92 Å². The number of nitrogens with one attached hydrogen (secondary N) is 1. The van der Waals surface area contributed by atoms with Gasteiger partial charge in [0, 0.05) is 31.6 Å². The molecule has 1 fully saturated rings. The van der Waals surface area contributed by atoms with Crippen molar-refractivity contribution in [2.45, 2.75) is 65.6 Å². The van der Waals surface area contributed by atoms with Gasteiger partial charge >= 0.3 is 5.69 Å². The summed E-state index contributed by atoms with van der Waals surface area (Å²) in [6.07, 6.45) is 4.87. The zero-order valence-corrected chi connectivity index (χ0v) is 22.3. The second kappa shape index (κ2) is 10.4. The molecule has 2 aromatic carbocycles. The van der Waals surface area contributed by atoms with E-state index in [0.717, 1.165) is 60.2 Å². The first-order valence-electron chi connectivity index (χ1n) is 13.7. The Morgan fingerprint density at radius 1 is 0.949 bits per heavy atom. The van der Waals surface area contributed by atoms with Crippen LogP contribution in [-0.4, -0.2) is 39.3 Å². The standard InChI is InChI=1S/C29H32N8O2/c1-3-5-10-24-30-27-25(28(38)37(18-19-11-12-19)29(39)35(27)4-2)36(24)17-20-13-15-21(16-14-20)22-8-6-7-9-23(22)26-31-33-34-32-26/h6-9,13-16,19H,3-5,10-12,17-18H2,1-2H3,(H,31,32,33,34). The van der Waals surface area contributed by atoms with E-state index < -0.39 is 0 Å². The Morgan fingerprint density at radius 3 is 2.38 bits per heavy atom. The zero-order chi connectivity index (χ0) is 26.9. The molecule has 39 heavy (non-hydrogen) atoms. The van der Waals surface area contributed by atoms with E-state index in [0.29, 0.717) is 42.5 Å². The second-order valence-corrected chi connectivity index (χ2v) is 10.3. The van der Waals surface area contributed by atoms with Crippen molar-refractivity contribution >= 4 is 11.2 Å². The van der Waals surface area contributed by atoms with Crippen molar-refractivity contribution in [3.05, 3.63) is 80.8 Å². The number of unbranched alkanes of at least 4 members (excludes halogenated alkanes) is 1. The lowest BCUT2D eigenvalue weighted by Gasteiger charge is -2.13. The molecule has 1 N–H and O–H groups in total. The Kier molecular flexibility index (Phi) is 6.68. The number of imidazole rings is 1. The predicted molar refractivity (Wildman–Crippen MR) is 149 cm³/mol. The number of rotatable bonds is 10. The second-order valence-electron chi connectivity index (χ2n) is 10.3. The molecule has 5 aromatic rings. The highest BCUT2D eigenvalue weighted by molar-refractivity contribution is 5.80. The highest BCUT2D eigenvalue weighted by Gasteiger charge is 2.27. The van der Waals surface area contributed by atoms with Crippen molar-refractivity contribution in [1.29, 1.82) is 0 Å². The lowest BCUT2D eigenvalue weighted by Crippen LogP contribution is -2.41. The van der Waals surface area contributed by atoms with Gasteiger partial charge in [-0.05, 0) is 54.0 Å². The third-order valence-electron chi connectivity index (χ3n) is 7.52. The summed E-state index contributed by atoms with van der Waals surface area (Å²) in [5, 5.41) is 14.5. The van der Waals surface area contributed by atoms with Crippen molar-refractivity contribution < 1.29 is 0 Å². The van der Waals surface area contributed by atoms with Crippen molar-refractivity contribution in [1.82, 2.24) is 39.3 Å². The van der Waals surface area contributed by atoms with E-state index in [1.165, 1.54) is 4.57 Å². The lowest BCUT2D eigenvalue weighted by molar-refractivity contribution is 0.543. The van der Waals surface area contributed by atoms with Gasteiger partial charge in [-0.3, -0.25) is 13.9 Å². The number of hydrogen-bond donors (Lipinski definition) is 1. The molecule has 3 heterocycles. The number of hydrogen-bond acceptors (Lipinski definition) is 6. The van der Waals surface area contributed by atoms with E-state index in [2.05, 4.69) is 51.8 Å². The van der Waals surface area contributed by atoms with Crippen molar-refractivity contribution in [3.63, 3.8) is 0 Å². The van der Waals surface area contributed by atoms with Gasteiger partial charge in [0.15, 0.2) is 11.2 Å². The number of aryl methyl sites for hydroxylation is 2. The molecular formula is C29H32N8O2. The number of aromatic nitrogens is 8. The van der Waals surface area contributed by atoms with Gasteiger partial charge in [0.2, 0.25) is 5.82 Å². The van der Waals surface area contributed by atoms with Crippen LogP contribution in [0.2, 0.25) is 0 Å². The average molecular weight is 525 g/mol. The van der Waals surface area contributed by atoms with Crippen LogP contribution >= 0.6 is 0 Å². The molecule has 1 saturated carbocycles. The Labute approximate surface area is 225 Å². The van der Waals surface area contributed by atoms with Gasteiger partial charge in [-0.15, -0.1) is 10.2 Å².